The van der Waals surface area contributed by atoms with E-state index >= 15 is 0 Å². The summed E-state index contributed by atoms with van der Waals surface area (Å²) in [6, 6.07) is 5.77. The van der Waals surface area contributed by atoms with E-state index in [9.17, 15) is 14.7 Å². The first-order valence-corrected chi connectivity index (χ1v) is 6.43. The van der Waals surface area contributed by atoms with Crippen molar-refractivity contribution in [2.24, 2.45) is 5.92 Å². The van der Waals surface area contributed by atoms with E-state index in [0.717, 1.165) is 0 Å². The molecule has 0 aliphatic carbocycles. The second-order valence-electron chi connectivity index (χ2n) is 4.69. The van der Waals surface area contributed by atoms with Crippen LogP contribution in [0.4, 0.5) is 0 Å². The number of esters is 1. The highest BCUT2D eigenvalue weighted by atomic mass is 16.5. The molecule has 1 heterocycles. The molecule has 0 bridgehead atoms. The molecule has 0 aliphatic rings. The van der Waals surface area contributed by atoms with Gasteiger partial charge in [-0.1, -0.05) is 13.8 Å². The van der Waals surface area contributed by atoms with Gasteiger partial charge in [-0.05, 0) is 18.6 Å². The molecule has 2 rings (SSSR count). The predicted molar refractivity (Wildman–Crippen MR) is 73.4 cm³/mol. The summed E-state index contributed by atoms with van der Waals surface area (Å²) >= 11 is 0. The van der Waals surface area contributed by atoms with E-state index in [1.807, 2.05) is 6.92 Å². The van der Waals surface area contributed by atoms with Crippen LogP contribution in [0.3, 0.4) is 0 Å². The van der Waals surface area contributed by atoms with Crippen molar-refractivity contribution < 1.29 is 19.1 Å². The zero-order valence-electron chi connectivity index (χ0n) is 11.4. The fourth-order valence-corrected chi connectivity index (χ4v) is 1.80. The van der Waals surface area contributed by atoms with Gasteiger partial charge in [-0.25, -0.2) is 4.79 Å². The number of carbonyl (C=O) groups is 1. The van der Waals surface area contributed by atoms with Crippen LogP contribution in [0.15, 0.2) is 33.5 Å². The zero-order valence-corrected chi connectivity index (χ0v) is 11.4. The van der Waals surface area contributed by atoms with Gasteiger partial charge < -0.3 is 14.3 Å². The van der Waals surface area contributed by atoms with Gasteiger partial charge in [-0.2, -0.15) is 0 Å². The maximum absolute atomic E-state index is 11.7. The normalized spacial score (nSPS) is 12.3. The summed E-state index contributed by atoms with van der Waals surface area (Å²) in [5.41, 5.74) is 0.290. The average Bonchev–Trinajstić information content (AvgIpc) is 2.42. The van der Waals surface area contributed by atoms with Crippen LogP contribution in [0.25, 0.3) is 11.0 Å². The fraction of sp³-hybridized carbons (Fsp3) is 0.333. The van der Waals surface area contributed by atoms with Crippen LogP contribution < -0.4 is 5.63 Å². The number of fused-ring (bicyclic) bond motifs is 1. The third-order valence-electron chi connectivity index (χ3n) is 3.20. The van der Waals surface area contributed by atoms with Crippen LogP contribution in [-0.2, 0) is 16.1 Å². The molecule has 1 aromatic carbocycles. The molecule has 0 saturated carbocycles. The van der Waals surface area contributed by atoms with Gasteiger partial charge in [0, 0.05) is 23.1 Å². The fourth-order valence-electron chi connectivity index (χ4n) is 1.80. The summed E-state index contributed by atoms with van der Waals surface area (Å²) in [7, 11) is 0. The molecular formula is C15H16O5. The quantitative estimate of drug-likeness (QED) is 0.686. The highest BCUT2D eigenvalue weighted by Gasteiger charge is 2.13. The number of hydrogen-bond acceptors (Lipinski definition) is 5. The van der Waals surface area contributed by atoms with Gasteiger partial charge in [0.1, 0.15) is 17.9 Å². The lowest BCUT2D eigenvalue weighted by Crippen LogP contribution is -2.14. The standard InChI is InChI=1S/C15H16O5/c1-3-9(2)15(18)19-8-10-6-14(17)20-13-7-11(16)4-5-12(10)13/h4-7,9,16H,3,8H2,1-2H3. The first-order chi connectivity index (χ1) is 9.51. The number of aromatic hydroxyl groups is 1. The number of benzene rings is 1. The first-order valence-electron chi connectivity index (χ1n) is 6.43. The minimum absolute atomic E-state index is 0.00870. The Kier molecular flexibility index (Phi) is 4.08. The number of carbonyl (C=O) groups excluding carboxylic acids is 1. The molecule has 5 nitrogen and oxygen atoms in total. The molecule has 0 saturated heterocycles. The SMILES string of the molecule is CCC(C)C(=O)OCc1cc(=O)oc2cc(O)ccc12. The Morgan fingerprint density at radius 3 is 2.85 bits per heavy atom. The van der Waals surface area contributed by atoms with Crippen LogP contribution in [0.5, 0.6) is 5.75 Å². The largest absolute Gasteiger partial charge is 0.508 e. The Bertz CT molecular complexity index is 686. The van der Waals surface area contributed by atoms with Gasteiger partial charge in [0.25, 0.3) is 0 Å². The van der Waals surface area contributed by atoms with Gasteiger partial charge in [0.2, 0.25) is 0 Å². The molecule has 106 valence electrons. The number of hydrogen-bond donors (Lipinski definition) is 1. The summed E-state index contributed by atoms with van der Waals surface area (Å²) in [5, 5.41) is 10.0. The van der Waals surface area contributed by atoms with E-state index in [1.165, 1.54) is 18.2 Å². The van der Waals surface area contributed by atoms with E-state index in [4.69, 9.17) is 9.15 Å². The topological polar surface area (TPSA) is 76.7 Å². The molecule has 2 aromatic rings. The molecule has 0 amide bonds. The summed E-state index contributed by atoms with van der Waals surface area (Å²) in [4.78, 5) is 23.1. The summed E-state index contributed by atoms with van der Waals surface area (Å²) in [6.07, 6.45) is 0.699. The number of phenols is 1. The monoisotopic (exact) mass is 276 g/mol. The van der Waals surface area contributed by atoms with Crippen LogP contribution >= 0.6 is 0 Å². The van der Waals surface area contributed by atoms with Crippen molar-refractivity contribution in [3.05, 3.63) is 40.2 Å². The average molecular weight is 276 g/mol. The number of phenolic OH excluding ortho intramolecular Hbond substituents is 1. The smallest absolute Gasteiger partial charge is 0.336 e. The van der Waals surface area contributed by atoms with E-state index in [2.05, 4.69) is 0 Å². The lowest BCUT2D eigenvalue weighted by Gasteiger charge is -2.10. The third-order valence-corrected chi connectivity index (χ3v) is 3.20. The van der Waals surface area contributed by atoms with Crippen LogP contribution in [-0.4, -0.2) is 11.1 Å². The Hall–Kier alpha value is -2.30. The van der Waals surface area contributed by atoms with Gasteiger partial charge >= 0.3 is 11.6 Å². The van der Waals surface area contributed by atoms with Crippen LogP contribution in [0.2, 0.25) is 0 Å². The van der Waals surface area contributed by atoms with Gasteiger partial charge in [0.15, 0.2) is 0 Å². The van der Waals surface area contributed by atoms with Crippen molar-refractivity contribution in [1.29, 1.82) is 0 Å². The highest BCUT2D eigenvalue weighted by molar-refractivity contribution is 5.81. The van der Waals surface area contributed by atoms with E-state index < -0.39 is 5.63 Å². The van der Waals surface area contributed by atoms with Crippen molar-refractivity contribution in [1.82, 2.24) is 0 Å². The van der Waals surface area contributed by atoms with Crippen molar-refractivity contribution in [3.8, 4) is 5.75 Å². The van der Waals surface area contributed by atoms with E-state index in [0.29, 0.717) is 17.4 Å². The molecule has 1 aromatic heterocycles. The molecule has 1 atom stereocenters. The zero-order chi connectivity index (χ0) is 14.7. The lowest BCUT2D eigenvalue weighted by atomic mass is 10.1. The Morgan fingerprint density at radius 2 is 2.15 bits per heavy atom. The molecule has 1 unspecified atom stereocenters. The molecule has 20 heavy (non-hydrogen) atoms. The molecule has 1 N–H and O–H groups in total. The Morgan fingerprint density at radius 1 is 1.40 bits per heavy atom. The summed E-state index contributed by atoms with van der Waals surface area (Å²) in [5.74, 6) is -0.465. The summed E-state index contributed by atoms with van der Waals surface area (Å²) in [6.45, 7) is 3.70. The minimum atomic E-state index is -0.544. The molecule has 5 heteroatoms. The number of ether oxygens (including phenoxy) is 1. The van der Waals surface area contributed by atoms with Crippen LogP contribution in [0, 0.1) is 5.92 Å². The maximum atomic E-state index is 11.7. The van der Waals surface area contributed by atoms with Crippen LogP contribution in [0.1, 0.15) is 25.8 Å². The van der Waals surface area contributed by atoms with E-state index in [1.54, 1.807) is 13.0 Å². The third kappa shape index (κ3) is 2.99. The van der Waals surface area contributed by atoms with Gasteiger partial charge in [-0.3, -0.25) is 4.79 Å². The second kappa shape index (κ2) is 5.77. The van der Waals surface area contributed by atoms with Gasteiger partial charge in [0.05, 0.1) is 5.92 Å². The Balaban J connectivity index is 2.30. The molecule has 0 radical (unpaired) electrons. The van der Waals surface area contributed by atoms with Gasteiger partial charge in [-0.15, -0.1) is 0 Å². The second-order valence-corrected chi connectivity index (χ2v) is 4.69. The molecule has 0 aliphatic heterocycles. The van der Waals surface area contributed by atoms with Crippen molar-refractivity contribution in [2.75, 3.05) is 0 Å². The molecule has 0 spiro atoms. The maximum Gasteiger partial charge on any atom is 0.336 e. The minimum Gasteiger partial charge on any atom is -0.508 e. The molecular weight excluding hydrogens is 260 g/mol. The number of rotatable bonds is 4. The lowest BCUT2D eigenvalue weighted by molar-refractivity contribution is -0.149. The first kappa shape index (κ1) is 14.1. The predicted octanol–water partition coefficient (Wildman–Crippen LogP) is 2.59. The summed E-state index contributed by atoms with van der Waals surface area (Å²) < 4.78 is 10.2. The van der Waals surface area contributed by atoms with Crippen molar-refractivity contribution >= 4 is 16.9 Å². The van der Waals surface area contributed by atoms with E-state index in [-0.39, 0.29) is 29.8 Å². The molecule has 0 fully saturated rings. The van der Waals surface area contributed by atoms with Crippen molar-refractivity contribution in [3.63, 3.8) is 0 Å². The van der Waals surface area contributed by atoms with Crippen molar-refractivity contribution in [2.45, 2.75) is 26.9 Å². The Labute approximate surface area is 115 Å². The highest BCUT2D eigenvalue weighted by Crippen LogP contribution is 2.22.